The maximum atomic E-state index is 12.8. The van der Waals surface area contributed by atoms with Crippen LogP contribution in [0, 0.1) is 0 Å². The van der Waals surface area contributed by atoms with Gasteiger partial charge in [-0.1, -0.05) is 36.0 Å². The van der Waals surface area contributed by atoms with Crippen molar-refractivity contribution in [2.24, 2.45) is 0 Å². The number of hydrogen-bond acceptors (Lipinski definition) is 7. The number of fused-ring (bicyclic) bond motifs is 1. The molecular formula is C22H23N3O5S2. The van der Waals surface area contributed by atoms with E-state index in [0.717, 1.165) is 11.8 Å². The van der Waals surface area contributed by atoms with Crippen molar-refractivity contribution < 1.29 is 22.4 Å². The molecule has 0 saturated heterocycles. The van der Waals surface area contributed by atoms with E-state index in [1.807, 2.05) is 0 Å². The molecule has 32 heavy (non-hydrogen) atoms. The van der Waals surface area contributed by atoms with Gasteiger partial charge in [0.25, 0.3) is 15.2 Å². The molecule has 1 amide bonds. The van der Waals surface area contributed by atoms with E-state index >= 15 is 0 Å². The van der Waals surface area contributed by atoms with Gasteiger partial charge >= 0.3 is 0 Å². The number of benzene rings is 2. The fraction of sp³-hybridized carbons (Fsp3) is 0.182. The fourth-order valence-electron chi connectivity index (χ4n) is 2.85. The predicted molar refractivity (Wildman–Crippen MR) is 126 cm³/mol. The average molecular weight is 474 g/mol. The third-order valence-corrected chi connectivity index (χ3v) is 6.55. The first-order chi connectivity index (χ1) is 15.4. The van der Waals surface area contributed by atoms with Gasteiger partial charge in [-0.15, -0.1) is 13.2 Å². The second kappa shape index (κ2) is 10.4. The van der Waals surface area contributed by atoms with Crippen LogP contribution in [0.25, 0.3) is 11.1 Å². The predicted octanol–water partition coefficient (Wildman–Crippen LogP) is 3.93. The number of carbonyl (C=O) groups is 1. The first kappa shape index (κ1) is 23.4. The molecule has 0 radical (unpaired) electrons. The van der Waals surface area contributed by atoms with Crippen LogP contribution in [-0.2, 0) is 14.8 Å². The second-order valence-corrected chi connectivity index (χ2v) is 9.19. The number of para-hydroxylation sites is 2. The van der Waals surface area contributed by atoms with E-state index in [1.54, 1.807) is 41.3 Å². The quantitative estimate of drug-likeness (QED) is 0.333. The highest BCUT2D eigenvalue weighted by atomic mass is 32.2. The third-order valence-electron chi connectivity index (χ3n) is 4.37. The molecule has 0 aliphatic carbocycles. The standard InChI is InChI=1S/C22H23N3O5S2/c1-4-12-25(13-5-2)21(26)15-31-22-23-18-14-16(10-11-20(18)30-22)32(27,28)24-17-8-6-7-9-19(17)29-3/h4-11,14,24H,1-2,12-13,15H2,3H3. The summed E-state index contributed by atoms with van der Waals surface area (Å²) in [6, 6.07) is 11.1. The monoisotopic (exact) mass is 473 g/mol. The van der Waals surface area contributed by atoms with E-state index in [4.69, 9.17) is 9.15 Å². The largest absolute Gasteiger partial charge is 0.495 e. The molecule has 0 unspecified atom stereocenters. The lowest BCUT2D eigenvalue weighted by Crippen LogP contribution is -2.32. The number of amides is 1. The number of anilines is 1. The van der Waals surface area contributed by atoms with E-state index in [1.165, 1.54) is 25.3 Å². The number of thioether (sulfide) groups is 1. The Kier molecular flexibility index (Phi) is 7.60. The van der Waals surface area contributed by atoms with Crippen LogP contribution in [0.1, 0.15) is 0 Å². The van der Waals surface area contributed by atoms with E-state index in [0.29, 0.717) is 35.6 Å². The van der Waals surface area contributed by atoms with Crippen LogP contribution in [0.5, 0.6) is 5.75 Å². The number of nitrogens with one attached hydrogen (secondary N) is 1. The van der Waals surface area contributed by atoms with Gasteiger partial charge in [-0.25, -0.2) is 13.4 Å². The molecule has 0 spiro atoms. The van der Waals surface area contributed by atoms with Crippen molar-refractivity contribution in [1.82, 2.24) is 9.88 Å². The van der Waals surface area contributed by atoms with Gasteiger partial charge in [-0.2, -0.15) is 0 Å². The van der Waals surface area contributed by atoms with Gasteiger partial charge in [0.15, 0.2) is 5.58 Å². The molecule has 0 aliphatic rings. The minimum absolute atomic E-state index is 0.0278. The lowest BCUT2D eigenvalue weighted by molar-refractivity contribution is -0.127. The Balaban J connectivity index is 1.76. The van der Waals surface area contributed by atoms with Crippen LogP contribution in [0.4, 0.5) is 5.69 Å². The molecule has 8 nitrogen and oxygen atoms in total. The summed E-state index contributed by atoms with van der Waals surface area (Å²) in [6.45, 7) is 8.13. The lowest BCUT2D eigenvalue weighted by Gasteiger charge is -2.18. The van der Waals surface area contributed by atoms with Crippen LogP contribution < -0.4 is 9.46 Å². The summed E-state index contributed by atoms with van der Waals surface area (Å²) in [7, 11) is -2.41. The smallest absolute Gasteiger partial charge is 0.262 e. The summed E-state index contributed by atoms with van der Waals surface area (Å²) in [5.74, 6) is 0.417. The van der Waals surface area contributed by atoms with Crippen LogP contribution in [0.3, 0.4) is 0 Å². The number of rotatable bonds is 11. The van der Waals surface area contributed by atoms with E-state index in [2.05, 4.69) is 22.9 Å². The molecule has 0 aliphatic heterocycles. The number of carbonyl (C=O) groups excluding carboxylic acids is 1. The van der Waals surface area contributed by atoms with E-state index in [9.17, 15) is 13.2 Å². The number of oxazole rings is 1. The van der Waals surface area contributed by atoms with Crippen molar-refractivity contribution in [3.8, 4) is 5.75 Å². The number of nitrogens with zero attached hydrogens (tertiary/aromatic N) is 2. The Morgan fingerprint density at radius 1 is 1.22 bits per heavy atom. The molecule has 10 heteroatoms. The SMILES string of the molecule is C=CCN(CC=C)C(=O)CSc1nc2cc(S(=O)(=O)Nc3ccccc3OC)ccc2o1. The van der Waals surface area contributed by atoms with Crippen molar-refractivity contribution in [2.75, 3.05) is 30.7 Å². The maximum Gasteiger partial charge on any atom is 0.262 e. The molecule has 1 N–H and O–H groups in total. The summed E-state index contributed by atoms with van der Waals surface area (Å²) < 4.78 is 39.0. The Labute approximate surface area is 191 Å². The zero-order valence-electron chi connectivity index (χ0n) is 17.5. The Morgan fingerprint density at radius 3 is 2.62 bits per heavy atom. The van der Waals surface area contributed by atoms with Crippen molar-refractivity contribution in [1.29, 1.82) is 0 Å². The molecule has 168 valence electrons. The van der Waals surface area contributed by atoms with Gasteiger partial charge < -0.3 is 14.1 Å². The molecule has 0 fully saturated rings. The van der Waals surface area contributed by atoms with Gasteiger partial charge in [-0.05, 0) is 30.3 Å². The molecule has 0 bridgehead atoms. The molecule has 2 aromatic carbocycles. The summed E-state index contributed by atoms with van der Waals surface area (Å²) in [6.07, 6.45) is 3.29. The van der Waals surface area contributed by atoms with Crippen LogP contribution in [0.15, 0.2) is 82.3 Å². The first-order valence-corrected chi connectivity index (χ1v) is 12.0. The van der Waals surface area contributed by atoms with Gasteiger partial charge in [-0.3, -0.25) is 9.52 Å². The van der Waals surface area contributed by atoms with Crippen molar-refractivity contribution in [2.45, 2.75) is 10.1 Å². The molecule has 1 heterocycles. The summed E-state index contributed by atoms with van der Waals surface area (Å²) in [5.41, 5.74) is 1.12. The molecular weight excluding hydrogens is 450 g/mol. The summed E-state index contributed by atoms with van der Waals surface area (Å²) in [5, 5.41) is 0.276. The molecule has 0 atom stereocenters. The Bertz CT molecular complexity index is 1230. The van der Waals surface area contributed by atoms with Crippen LogP contribution >= 0.6 is 11.8 Å². The average Bonchev–Trinajstić information content (AvgIpc) is 3.19. The van der Waals surface area contributed by atoms with Crippen molar-refractivity contribution >= 4 is 44.5 Å². The minimum atomic E-state index is -3.88. The Hall–Kier alpha value is -3.24. The summed E-state index contributed by atoms with van der Waals surface area (Å²) >= 11 is 1.14. The number of methoxy groups -OCH3 is 1. The highest BCUT2D eigenvalue weighted by Crippen LogP contribution is 2.29. The molecule has 3 aromatic rings. The topological polar surface area (TPSA) is 102 Å². The van der Waals surface area contributed by atoms with Crippen molar-refractivity contribution in [3.05, 3.63) is 67.8 Å². The third kappa shape index (κ3) is 5.51. The fourth-order valence-corrected chi connectivity index (χ4v) is 4.68. The molecule has 0 saturated carbocycles. The molecule has 3 rings (SSSR count). The second-order valence-electron chi connectivity index (χ2n) is 6.58. The zero-order valence-corrected chi connectivity index (χ0v) is 19.1. The van der Waals surface area contributed by atoms with Crippen LogP contribution in [-0.4, -0.2) is 50.2 Å². The number of sulfonamides is 1. The van der Waals surface area contributed by atoms with Gasteiger partial charge in [0.05, 0.1) is 23.4 Å². The zero-order chi connectivity index (χ0) is 23.1. The maximum absolute atomic E-state index is 12.8. The van der Waals surface area contributed by atoms with Gasteiger partial charge in [0, 0.05) is 13.1 Å². The highest BCUT2D eigenvalue weighted by molar-refractivity contribution is 7.99. The van der Waals surface area contributed by atoms with Crippen molar-refractivity contribution in [3.63, 3.8) is 0 Å². The minimum Gasteiger partial charge on any atom is -0.495 e. The first-order valence-electron chi connectivity index (χ1n) is 9.56. The van der Waals surface area contributed by atoms with E-state index < -0.39 is 10.0 Å². The Morgan fingerprint density at radius 2 is 1.94 bits per heavy atom. The van der Waals surface area contributed by atoms with Crippen LogP contribution in [0.2, 0.25) is 0 Å². The van der Waals surface area contributed by atoms with Gasteiger partial charge in [0.1, 0.15) is 11.3 Å². The lowest BCUT2D eigenvalue weighted by atomic mass is 10.3. The highest BCUT2D eigenvalue weighted by Gasteiger charge is 2.19. The number of aromatic nitrogens is 1. The summed E-state index contributed by atoms with van der Waals surface area (Å²) in [4.78, 5) is 18.3. The van der Waals surface area contributed by atoms with Gasteiger partial charge in [0.2, 0.25) is 5.91 Å². The van der Waals surface area contributed by atoms with E-state index in [-0.39, 0.29) is 21.8 Å². The number of hydrogen-bond donors (Lipinski definition) is 1. The number of ether oxygens (including phenoxy) is 1. The normalized spacial score (nSPS) is 11.2. The molecule has 1 aromatic heterocycles.